The average Bonchev–Trinajstić information content (AvgIpc) is 1.61. The van der Waals surface area contributed by atoms with Crippen LogP contribution in [0.15, 0.2) is 103 Å². The quantitative estimate of drug-likeness (QED) is 0.0814. The van der Waals surface area contributed by atoms with E-state index in [1.54, 1.807) is 18.2 Å². The monoisotopic (exact) mass is 1290 g/mol. The summed E-state index contributed by atoms with van der Waals surface area (Å²) < 4.78 is 36.9. The van der Waals surface area contributed by atoms with Crippen molar-refractivity contribution in [1.82, 2.24) is 0 Å². The van der Waals surface area contributed by atoms with Crippen LogP contribution in [0.5, 0.6) is 51.7 Å². The topological polar surface area (TPSA) is 218 Å². The van der Waals surface area contributed by atoms with Crippen molar-refractivity contribution >= 4 is 68.0 Å². The minimum Gasteiger partial charge on any atom is -0.508 e. The molecule has 3 fully saturated rings. The van der Waals surface area contributed by atoms with Crippen molar-refractivity contribution in [3.8, 4) is 51.7 Å². The van der Waals surface area contributed by atoms with Crippen molar-refractivity contribution in [3.05, 3.63) is 159 Å². The summed E-state index contributed by atoms with van der Waals surface area (Å²) in [6, 6.07) is 32.0. The molecule has 91 heavy (non-hydrogen) atoms. The molecule has 12 rings (SSSR count). The molecule has 3 N–H and O–H groups in total. The van der Waals surface area contributed by atoms with E-state index in [-0.39, 0.29) is 78.9 Å². The molecule has 0 saturated carbocycles. The Morgan fingerprint density at radius 1 is 0.484 bits per heavy atom. The zero-order valence-corrected chi connectivity index (χ0v) is 55.6. The van der Waals surface area contributed by atoms with Gasteiger partial charge in [0.25, 0.3) is 0 Å². The van der Waals surface area contributed by atoms with Crippen molar-refractivity contribution in [2.75, 3.05) is 19.8 Å². The number of rotatable bonds is 15. The van der Waals surface area contributed by atoms with Gasteiger partial charge in [0.15, 0.2) is 32.7 Å². The van der Waals surface area contributed by atoms with Crippen LogP contribution in [0.4, 0.5) is 0 Å². The number of phenolic OH excluding ortho intramolecular Hbond substituents is 3. The molecule has 18 heteroatoms. The molecule has 0 aromatic heterocycles. The Kier molecular flexibility index (Phi) is 20.0. The van der Waals surface area contributed by atoms with Crippen LogP contribution in [0, 0.1) is 20.8 Å². The fraction of sp³-hybridized carbons (Fsp3) is 0.425. The van der Waals surface area contributed by atoms with Crippen LogP contribution < -0.4 is 28.4 Å². The Labute approximate surface area is 545 Å². The summed E-state index contributed by atoms with van der Waals surface area (Å²) in [6.45, 7) is 19.4. The molecule has 6 atom stereocenters. The highest BCUT2D eigenvalue weighted by atomic mass is 32.2. The van der Waals surface area contributed by atoms with E-state index in [0.29, 0.717) is 50.6 Å². The number of phenols is 3. The van der Waals surface area contributed by atoms with Gasteiger partial charge in [0.1, 0.15) is 88.4 Å². The number of benzene rings is 6. The molecule has 0 bridgehead atoms. The molecule has 0 radical (unpaired) electrons. The van der Waals surface area contributed by atoms with Crippen LogP contribution in [-0.4, -0.2) is 100 Å². The Balaban J connectivity index is 0.000000150. The van der Waals surface area contributed by atoms with Gasteiger partial charge in [-0.1, -0.05) is 92.5 Å². The zero-order valence-electron chi connectivity index (χ0n) is 53.1. The van der Waals surface area contributed by atoms with Crippen molar-refractivity contribution in [2.45, 2.75) is 177 Å². The van der Waals surface area contributed by atoms with Crippen LogP contribution in [0.3, 0.4) is 0 Å². The summed E-state index contributed by atoms with van der Waals surface area (Å²) in [6.07, 6.45) is 6.73. The van der Waals surface area contributed by atoms with Gasteiger partial charge in [-0.3, -0.25) is 28.8 Å². The third-order valence-electron chi connectivity index (χ3n) is 17.7. The first kappa shape index (κ1) is 66.5. The van der Waals surface area contributed by atoms with Gasteiger partial charge in [0.2, 0.25) is 0 Å². The number of aromatic hydroxyl groups is 3. The standard InChI is InChI=1S/C26H30O5S.C25H28O5S.C22H22O5S/c1-25(2,3)19-13-22-17(12-20(19)27)9-10-26(4,31-22)15-30-18-7-5-16(6-8-18)11-23-21(28)14-24(29)32-23;1-14-15(2)24-19(16(3)23(14)28)9-10-25(4,30-24)13-29-18-7-5-17(6-8-18)11-21-20(26)12-22(27)31-21;1-22(9-8-15-11-16(23)4-7-19(15)27-22)13-26-17-5-2-14(3-6-17)10-20-18(24)12-21(25)28-20/h5-8,12-13,23,27H,9-11,14-15H2,1-4H3;5-8,21,28H,9-13H2,1-4H3;2-7,11,20,23H,8-10,12-13H2,1H3. The van der Waals surface area contributed by atoms with Crippen molar-refractivity contribution in [2.24, 2.45) is 0 Å². The SMILES string of the molecule is CC1(COc2ccc(CC3SC(=O)CC3=O)cc2)CCc2cc(O)c(C(C)(C)C)cc2O1.CC1(COc2ccc(CC3SC(=O)CC3=O)cc2)CCc2cc(O)ccc2O1.Cc1c(C)c2c(c(C)c1O)CCC(C)(COc1ccc(CC3SC(=O)CC3=O)cc1)O2. The van der Waals surface area contributed by atoms with Crippen molar-refractivity contribution < 1.29 is 72.5 Å². The maximum absolute atomic E-state index is 11.9. The number of thioether (sulfide) groups is 3. The molecule has 0 aliphatic carbocycles. The van der Waals surface area contributed by atoms with Gasteiger partial charge in [0.05, 0.1) is 35.0 Å². The van der Waals surface area contributed by atoms with Crippen LogP contribution in [-0.2, 0) is 72.7 Å². The number of carbonyl (C=O) groups is 6. The van der Waals surface area contributed by atoms with E-state index in [1.165, 1.54) is 0 Å². The largest absolute Gasteiger partial charge is 0.508 e. The van der Waals surface area contributed by atoms with E-state index >= 15 is 0 Å². The molecule has 6 aromatic rings. The molecule has 0 spiro atoms. The summed E-state index contributed by atoms with van der Waals surface area (Å²) >= 11 is 3.44. The van der Waals surface area contributed by atoms with E-state index in [0.717, 1.165) is 164 Å². The highest BCUT2D eigenvalue weighted by Crippen LogP contribution is 2.45. The Bertz CT molecular complexity index is 3760. The Morgan fingerprint density at radius 3 is 1.29 bits per heavy atom. The van der Waals surface area contributed by atoms with Gasteiger partial charge < -0.3 is 43.7 Å². The number of hydrogen-bond acceptors (Lipinski definition) is 18. The second kappa shape index (κ2) is 27.4. The van der Waals surface area contributed by atoms with Crippen molar-refractivity contribution in [3.63, 3.8) is 0 Å². The van der Waals surface area contributed by atoms with Gasteiger partial charge >= 0.3 is 0 Å². The Hall–Kier alpha value is -7.41. The number of carbonyl (C=O) groups excluding carboxylic acids is 6. The number of aryl methyl sites for hydroxylation is 2. The first-order chi connectivity index (χ1) is 43.1. The molecule has 0 amide bonds. The van der Waals surface area contributed by atoms with E-state index in [4.69, 9.17) is 28.4 Å². The molecule has 6 aromatic carbocycles. The van der Waals surface area contributed by atoms with Crippen molar-refractivity contribution in [1.29, 1.82) is 0 Å². The van der Waals surface area contributed by atoms with Gasteiger partial charge in [-0.2, -0.15) is 0 Å². The number of ketones is 3. The van der Waals surface area contributed by atoms with E-state index in [9.17, 15) is 44.1 Å². The third-order valence-corrected chi connectivity index (χ3v) is 21.1. The number of ether oxygens (including phenoxy) is 6. The smallest absolute Gasteiger partial charge is 0.197 e. The lowest BCUT2D eigenvalue weighted by Gasteiger charge is -2.37. The molecule has 6 aliphatic rings. The fourth-order valence-corrected chi connectivity index (χ4v) is 15.0. The van der Waals surface area contributed by atoms with Gasteiger partial charge in [-0.25, -0.2) is 0 Å². The summed E-state index contributed by atoms with van der Waals surface area (Å²) in [5.74, 6) is 5.70. The molecule has 3 saturated heterocycles. The summed E-state index contributed by atoms with van der Waals surface area (Å²) in [4.78, 5) is 69.7. The van der Waals surface area contributed by atoms with Crippen LogP contribution in [0.1, 0.15) is 136 Å². The van der Waals surface area contributed by atoms with E-state index in [2.05, 4.69) is 27.7 Å². The number of hydrogen-bond donors (Lipinski definition) is 3. The predicted molar refractivity (Wildman–Crippen MR) is 354 cm³/mol. The van der Waals surface area contributed by atoms with Gasteiger partial charge in [-0.15, -0.1) is 0 Å². The summed E-state index contributed by atoms with van der Waals surface area (Å²) in [5, 5.41) is 29.5. The maximum atomic E-state index is 11.9. The lowest BCUT2D eigenvalue weighted by molar-refractivity contribution is -0.122. The van der Waals surface area contributed by atoms with Gasteiger partial charge in [-0.05, 0) is 216 Å². The van der Waals surface area contributed by atoms with E-state index < -0.39 is 16.8 Å². The van der Waals surface area contributed by atoms with Crippen LogP contribution in [0.2, 0.25) is 0 Å². The van der Waals surface area contributed by atoms with Gasteiger partial charge in [0, 0.05) is 11.1 Å². The molecule has 480 valence electrons. The Morgan fingerprint density at radius 2 is 0.879 bits per heavy atom. The number of fused-ring (bicyclic) bond motifs is 3. The second-order valence-corrected chi connectivity index (χ2v) is 30.3. The molecule has 6 heterocycles. The lowest BCUT2D eigenvalue weighted by atomic mass is 9.84. The fourth-order valence-electron chi connectivity index (χ4n) is 11.9. The normalized spacial score (nSPS) is 23.3. The summed E-state index contributed by atoms with van der Waals surface area (Å²) in [5.41, 5.74) is 8.24. The van der Waals surface area contributed by atoms with Crippen LogP contribution >= 0.6 is 35.3 Å². The number of Topliss-reactive ketones (excluding diaryl/α,β-unsaturated/α-hetero) is 3. The van der Waals surface area contributed by atoms with Crippen LogP contribution in [0.25, 0.3) is 0 Å². The predicted octanol–water partition coefficient (Wildman–Crippen LogP) is 13.3. The minimum absolute atomic E-state index is 0.0194. The average molecular weight is 1290 g/mol. The maximum Gasteiger partial charge on any atom is 0.197 e. The highest BCUT2D eigenvalue weighted by molar-refractivity contribution is 8.16. The first-order valence-electron chi connectivity index (χ1n) is 31.0. The minimum atomic E-state index is -0.467. The lowest BCUT2D eigenvalue weighted by Crippen LogP contribution is -2.42. The zero-order chi connectivity index (χ0) is 65.2. The van der Waals surface area contributed by atoms with E-state index in [1.807, 2.05) is 120 Å². The first-order valence-corrected chi connectivity index (χ1v) is 33.6. The third kappa shape index (κ3) is 16.4. The molecular formula is C73H80O15S3. The molecule has 6 unspecified atom stereocenters. The second-order valence-electron chi connectivity index (χ2n) is 26.5. The summed E-state index contributed by atoms with van der Waals surface area (Å²) in [7, 11) is 0. The highest BCUT2D eigenvalue weighted by Gasteiger charge is 2.39. The molecule has 6 aliphatic heterocycles. The molecular weight excluding hydrogens is 1210 g/mol. The molecule has 15 nitrogen and oxygen atoms in total.